The first-order chi connectivity index (χ1) is 15.3. The Balaban J connectivity index is 1.94. The van der Waals surface area contributed by atoms with Gasteiger partial charge in [0.15, 0.2) is 23.0 Å². The Kier molecular flexibility index (Phi) is 9.46. The molecule has 0 aliphatic rings. The van der Waals surface area contributed by atoms with E-state index in [1.165, 1.54) is 26.3 Å². The van der Waals surface area contributed by atoms with E-state index in [2.05, 4.69) is 4.98 Å². The fourth-order valence-corrected chi connectivity index (χ4v) is 2.67. The number of pyridine rings is 1. The summed E-state index contributed by atoms with van der Waals surface area (Å²) in [6.45, 7) is 4.23. The van der Waals surface area contributed by atoms with Crippen LogP contribution in [0.25, 0.3) is 0 Å². The zero-order valence-corrected chi connectivity index (χ0v) is 18.5. The number of Topliss-reactive ketones (excluding diaryl/α,β-unsaturated/α-hetero) is 1. The minimum absolute atomic E-state index is 0.0306. The van der Waals surface area contributed by atoms with Crippen molar-refractivity contribution in [1.29, 1.82) is 0 Å². The maximum Gasteiger partial charge on any atom is 0.309 e. The first-order valence-corrected chi connectivity index (χ1v) is 10.0. The van der Waals surface area contributed by atoms with E-state index in [0.717, 1.165) is 0 Å². The molecule has 0 unspecified atom stereocenters. The van der Waals surface area contributed by atoms with Crippen molar-refractivity contribution in [2.24, 2.45) is 5.92 Å². The van der Waals surface area contributed by atoms with Gasteiger partial charge in [0.2, 0.25) is 6.79 Å². The SMILES string of the molecule is COc1ccnc(C(=O)C[C@@H](C)C(=O)OC[C@H](C)Oc2ccccc2)c1OCOC(C)=O. The van der Waals surface area contributed by atoms with Gasteiger partial charge in [-0.15, -0.1) is 0 Å². The molecule has 0 spiro atoms. The lowest BCUT2D eigenvalue weighted by Crippen LogP contribution is -2.25. The predicted octanol–water partition coefficient (Wildman–Crippen LogP) is 3.21. The summed E-state index contributed by atoms with van der Waals surface area (Å²) in [6.07, 6.45) is 0.873. The molecule has 1 aromatic heterocycles. The molecule has 1 aromatic carbocycles. The molecule has 0 radical (unpaired) electrons. The van der Waals surface area contributed by atoms with Crippen molar-refractivity contribution < 1.29 is 38.1 Å². The Morgan fingerprint density at radius 2 is 1.75 bits per heavy atom. The van der Waals surface area contributed by atoms with Crippen molar-refractivity contribution in [2.45, 2.75) is 33.3 Å². The van der Waals surface area contributed by atoms with Crippen LogP contribution < -0.4 is 14.2 Å². The quantitative estimate of drug-likeness (QED) is 0.276. The molecule has 0 saturated heterocycles. The maximum atomic E-state index is 12.8. The number of carbonyl (C=O) groups is 3. The topological polar surface area (TPSA) is 110 Å². The van der Waals surface area contributed by atoms with E-state index in [1.54, 1.807) is 13.8 Å². The molecule has 9 nitrogen and oxygen atoms in total. The van der Waals surface area contributed by atoms with Gasteiger partial charge >= 0.3 is 11.9 Å². The predicted molar refractivity (Wildman–Crippen MR) is 114 cm³/mol. The van der Waals surface area contributed by atoms with Crippen LogP contribution in [-0.2, 0) is 19.1 Å². The lowest BCUT2D eigenvalue weighted by Gasteiger charge is -2.17. The molecule has 1 heterocycles. The summed E-state index contributed by atoms with van der Waals surface area (Å²) in [7, 11) is 1.40. The zero-order valence-electron chi connectivity index (χ0n) is 18.5. The number of aromatic nitrogens is 1. The van der Waals surface area contributed by atoms with Crippen LogP contribution in [0.5, 0.6) is 17.2 Å². The molecule has 32 heavy (non-hydrogen) atoms. The number of esters is 2. The highest BCUT2D eigenvalue weighted by atomic mass is 16.7. The lowest BCUT2D eigenvalue weighted by atomic mass is 10.0. The van der Waals surface area contributed by atoms with Crippen molar-refractivity contribution in [3.63, 3.8) is 0 Å². The molecular formula is C23H27NO8. The minimum atomic E-state index is -0.722. The number of carbonyl (C=O) groups excluding carboxylic acids is 3. The lowest BCUT2D eigenvalue weighted by molar-refractivity contribution is -0.150. The van der Waals surface area contributed by atoms with Gasteiger partial charge in [0.25, 0.3) is 0 Å². The summed E-state index contributed by atoms with van der Waals surface area (Å²) < 4.78 is 26.3. The maximum absolute atomic E-state index is 12.8. The second-order valence-corrected chi connectivity index (χ2v) is 6.99. The van der Waals surface area contributed by atoms with Gasteiger partial charge in [-0.3, -0.25) is 14.4 Å². The number of para-hydroxylation sites is 1. The van der Waals surface area contributed by atoms with Gasteiger partial charge in [-0.2, -0.15) is 0 Å². The number of hydrogen-bond donors (Lipinski definition) is 0. The minimum Gasteiger partial charge on any atom is -0.493 e. The Bertz CT molecular complexity index is 915. The Morgan fingerprint density at radius 3 is 2.41 bits per heavy atom. The van der Waals surface area contributed by atoms with Gasteiger partial charge in [-0.25, -0.2) is 4.98 Å². The fraction of sp³-hybridized carbons (Fsp3) is 0.391. The molecule has 0 N–H and O–H groups in total. The number of benzene rings is 1. The van der Waals surface area contributed by atoms with Crippen molar-refractivity contribution in [3.8, 4) is 17.2 Å². The third-order valence-corrected chi connectivity index (χ3v) is 4.25. The number of nitrogens with zero attached hydrogens (tertiary/aromatic N) is 1. The standard InChI is InChI=1S/C23H27NO8/c1-15(23(27)29-13-16(2)32-18-8-6-5-7-9-18)12-19(26)21-22(31-14-30-17(3)25)20(28-4)10-11-24-21/h5-11,15-16H,12-14H2,1-4H3/t15-,16+/m1/s1. The largest absolute Gasteiger partial charge is 0.493 e. The van der Waals surface area contributed by atoms with E-state index in [9.17, 15) is 14.4 Å². The Labute approximate surface area is 186 Å². The molecule has 0 aliphatic carbocycles. The van der Waals surface area contributed by atoms with Crippen LogP contribution in [0.1, 0.15) is 37.7 Å². The van der Waals surface area contributed by atoms with Crippen LogP contribution in [0.2, 0.25) is 0 Å². The highest BCUT2D eigenvalue weighted by Gasteiger charge is 2.25. The third kappa shape index (κ3) is 7.57. The summed E-state index contributed by atoms with van der Waals surface area (Å²) in [4.78, 5) is 40.2. The highest BCUT2D eigenvalue weighted by Crippen LogP contribution is 2.31. The summed E-state index contributed by atoms with van der Waals surface area (Å²) in [5, 5.41) is 0. The first-order valence-electron chi connectivity index (χ1n) is 10.0. The van der Waals surface area contributed by atoms with Gasteiger partial charge in [-0.1, -0.05) is 25.1 Å². The van der Waals surface area contributed by atoms with E-state index < -0.39 is 30.4 Å². The van der Waals surface area contributed by atoms with Crippen LogP contribution in [0.3, 0.4) is 0 Å². The molecule has 0 fully saturated rings. The van der Waals surface area contributed by atoms with Gasteiger partial charge in [0, 0.05) is 25.6 Å². The average Bonchev–Trinajstić information content (AvgIpc) is 2.77. The molecule has 0 bridgehead atoms. The summed E-state index contributed by atoms with van der Waals surface area (Å²) >= 11 is 0. The van der Waals surface area contributed by atoms with Crippen LogP contribution in [0, 0.1) is 5.92 Å². The number of rotatable bonds is 12. The van der Waals surface area contributed by atoms with Crippen LogP contribution in [0.15, 0.2) is 42.6 Å². The number of ether oxygens (including phenoxy) is 5. The Hall–Kier alpha value is -3.62. The van der Waals surface area contributed by atoms with Crippen molar-refractivity contribution in [1.82, 2.24) is 4.98 Å². The molecule has 2 rings (SSSR count). The number of hydrogen-bond acceptors (Lipinski definition) is 9. The average molecular weight is 445 g/mol. The summed E-state index contributed by atoms with van der Waals surface area (Å²) in [6, 6.07) is 10.7. The zero-order chi connectivity index (χ0) is 23.5. The molecule has 0 aliphatic heterocycles. The smallest absolute Gasteiger partial charge is 0.309 e. The van der Waals surface area contributed by atoms with Crippen LogP contribution >= 0.6 is 0 Å². The molecule has 2 aromatic rings. The molecule has 0 amide bonds. The molecule has 0 saturated carbocycles. The monoisotopic (exact) mass is 445 g/mol. The van der Waals surface area contributed by atoms with Crippen molar-refractivity contribution in [2.75, 3.05) is 20.5 Å². The van der Waals surface area contributed by atoms with E-state index in [-0.39, 0.29) is 36.3 Å². The first kappa shape index (κ1) is 24.6. The second-order valence-electron chi connectivity index (χ2n) is 6.99. The Morgan fingerprint density at radius 1 is 1.03 bits per heavy atom. The molecule has 9 heteroatoms. The fourth-order valence-electron chi connectivity index (χ4n) is 2.67. The van der Waals surface area contributed by atoms with E-state index in [4.69, 9.17) is 23.7 Å². The van der Waals surface area contributed by atoms with Crippen LogP contribution in [0.4, 0.5) is 0 Å². The summed E-state index contributed by atoms with van der Waals surface area (Å²) in [5.41, 5.74) is -0.0306. The molecule has 172 valence electrons. The van der Waals surface area contributed by atoms with E-state index in [0.29, 0.717) is 5.75 Å². The van der Waals surface area contributed by atoms with Crippen LogP contribution in [-0.4, -0.2) is 49.3 Å². The van der Waals surface area contributed by atoms with E-state index >= 15 is 0 Å². The van der Waals surface area contributed by atoms with Crippen molar-refractivity contribution in [3.05, 3.63) is 48.3 Å². The number of methoxy groups -OCH3 is 1. The molecule has 2 atom stereocenters. The van der Waals surface area contributed by atoms with Gasteiger partial charge in [-0.05, 0) is 19.1 Å². The number of ketones is 1. The normalized spacial score (nSPS) is 12.2. The van der Waals surface area contributed by atoms with Crippen molar-refractivity contribution >= 4 is 17.7 Å². The van der Waals surface area contributed by atoms with Gasteiger partial charge in [0.1, 0.15) is 18.5 Å². The van der Waals surface area contributed by atoms with Gasteiger partial charge in [0.05, 0.1) is 13.0 Å². The molecular weight excluding hydrogens is 418 g/mol. The third-order valence-electron chi connectivity index (χ3n) is 4.25. The highest BCUT2D eigenvalue weighted by molar-refractivity contribution is 5.99. The van der Waals surface area contributed by atoms with E-state index in [1.807, 2.05) is 30.3 Å². The summed E-state index contributed by atoms with van der Waals surface area (Å²) in [5.74, 6) is -1.29. The van der Waals surface area contributed by atoms with Gasteiger partial charge < -0.3 is 23.7 Å². The second kappa shape index (κ2) is 12.3.